The number of hydrogen-bond acceptors (Lipinski definition) is 10. The first-order valence-corrected chi connectivity index (χ1v) is 19.3. The minimum atomic E-state index is -0.671. The van der Waals surface area contributed by atoms with Gasteiger partial charge in [-0.1, -0.05) is 52.6 Å². The average Bonchev–Trinajstić information content (AvgIpc) is 3.86. The van der Waals surface area contributed by atoms with Crippen LogP contribution in [0.2, 0.25) is 0 Å². The van der Waals surface area contributed by atoms with Crippen molar-refractivity contribution in [2.75, 3.05) is 44.9 Å². The molecule has 6 rings (SSSR count). The Labute approximate surface area is 293 Å². The zero-order valence-corrected chi connectivity index (χ0v) is 31.4. The summed E-state index contributed by atoms with van der Waals surface area (Å²) in [6.07, 6.45) is 10.8. The first kappa shape index (κ1) is 36.2. The lowest BCUT2D eigenvalue weighted by molar-refractivity contribution is -0.186. The van der Waals surface area contributed by atoms with Crippen molar-refractivity contribution in [3.8, 4) is 11.5 Å². The number of unbranched alkanes of at least 4 members (excludes halogenated alkanes) is 1. The molecule has 3 aromatic rings. The maximum absolute atomic E-state index is 10.6. The summed E-state index contributed by atoms with van der Waals surface area (Å²) in [5, 5.41) is 21.6. The topological polar surface area (TPSA) is 115 Å². The van der Waals surface area contributed by atoms with E-state index in [1.807, 2.05) is 0 Å². The highest BCUT2D eigenvalue weighted by Crippen LogP contribution is 2.48. The van der Waals surface area contributed by atoms with Crippen molar-refractivity contribution in [1.82, 2.24) is 29.8 Å². The molecule has 1 N–H and O–H groups in total. The molecule has 0 amide bonds. The molecule has 11 heteroatoms. The maximum atomic E-state index is 10.6. The number of piperidine rings is 1. The van der Waals surface area contributed by atoms with Gasteiger partial charge in [-0.25, -0.2) is 14.6 Å². The Morgan fingerprint density at radius 3 is 2.53 bits per heavy atom. The van der Waals surface area contributed by atoms with Crippen molar-refractivity contribution < 1.29 is 19.1 Å². The SMILES string of the molecule is CCCCC1(C2CCCc3c(-c4nc(N5CC(C)CC[C@@H]5CO)c5c(C)nn(C(C)C(CC)(CCC)N(C)CC)c5n4)noc32)OCCO1. The second-order valence-electron chi connectivity index (χ2n) is 15.1. The second kappa shape index (κ2) is 14.9. The lowest BCUT2D eigenvalue weighted by Gasteiger charge is -2.45. The van der Waals surface area contributed by atoms with E-state index >= 15 is 0 Å². The number of rotatable bonds is 14. The third-order valence-electron chi connectivity index (χ3n) is 12.3. The van der Waals surface area contributed by atoms with Gasteiger partial charge in [-0.3, -0.25) is 4.90 Å². The van der Waals surface area contributed by atoms with Gasteiger partial charge in [0.25, 0.3) is 0 Å². The van der Waals surface area contributed by atoms with Crippen molar-refractivity contribution >= 4 is 16.9 Å². The van der Waals surface area contributed by atoms with Gasteiger partial charge in [0.1, 0.15) is 11.6 Å². The van der Waals surface area contributed by atoms with Crippen molar-refractivity contribution in [3.05, 3.63) is 17.0 Å². The van der Waals surface area contributed by atoms with Crippen LogP contribution in [0.1, 0.15) is 135 Å². The van der Waals surface area contributed by atoms with E-state index in [4.69, 9.17) is 34.2 Å². The quantitative estimate of drug-likeness (QED) is 0.188. The van der Waals surface area contributed by atoms with Crippen molar-refractivity contribution in [3.63, 3.8) is 0 Å². The first-order valence-electron chi connectivity index (χ1n) is 19.3. The van der Waals surface area contributed by atoms with Gasteiger partial charge in [0.2, 0.25) is 0 Å². The molecule has 3 aliphatic rings. The smallest absolute Gasteiger partial charge is 0.186 e. The zero-order chi connectivity index (χ0) is 34.9. The number of anilines is 1. The summed E-state index contributed by atoms with van der Waals surface area (Å²) in [5.41, 5.74) is 3.41. The molecule has 272 valence electrons. The van der Waals surface area contributed by atoms with Gasteiger partial charge in [-0.15, -0.1) is 0 Å². The van der Waals surface area contributed by atoms with Crippen molar-refractivity contribution in [2.45, 2.75) is 148 Å². The fraction of sp³-hybridized carbons (Fsp3) is 0.789. The van der Waals surface area contributed by atoms with Gasteiger partial charge in [0, 0.05) is 24.1 Å². The molecule has 0 aromatic carbocycles. The molecule has 3 aromatic heterocycles. The summed E-state index contributed by atoms with van der Waals surface area (Å²) in [5.74, 6) is 2.05. The number of aliphatic hydroxyl groups excluding tert-OH is 1. The lowest BCUT2D eigenvalue weighted by Crippen LogP contribution is -2.51. The van der Waals surface area contributed by atoms with E-state index in [-0.39, 0.29) is 30.1 Å². The number of ether oxygens (including phenoxy) is 2. The highest BCUT2D eigenvalue weighted by Gasteiger charge is 2.49. The lowest BCUT2D eigenvalue weighted by atomic mass is 9.80. The van der Waals surface area contributed by atoms with Crippen LogP contribution in [0.15, 0.2) is 4.52 Å². The normalized spacial score (nSPS) is 24.4. The van der Waals surface area contributed by atoms with E-state index in [2.05, 4.69) is 70.0 Å². The highest BCUT2D eigenvalue weighted by molar-refractivity contribution is 5.91. The van der Waals surface area contributed by atoms with E-state index in [1.54, 1.807) is 0 Å². The molecule has 0 saturated carbocycles. The molecule has 0 radical (unpaired) electrons. The summed E-state index contributed by atoms with van der Waals surface area (Å²) < 4.78 is 21.2. The summed E-state index contributed by atoms with van der Waals surface area (Å²) in [6.45, 7) is 18.7. The van der Waals surface area contributed by atoms with Crippen LogP contribution in [0.3, 0.4) is 0 Å². The average molecular weight is 680 g/mol. The zero-order valence-electron chi connectivity index (χ0n) is 31.4. The van der Waals surface area contributed by atoms with Crippen molar-refractivity contribution in [1.29, 1.82) is 0 Å². The molecule has 5 atom stereocenters. The van der Waals surface area contributed by atoms with Crippen LogP contribution in [-0.4, -0.2) is 92.2 Å². The van der Waals surface area contributed by atoms with Crippen LogP contribution in [0.25, 0.3) is 22.6 Å². The Morgan fingerprint density at radius 2 is 1.86 bits per heavy atom. The number of hydrogen-bond donors (Lipinski definition) is 1. The summed E-state index contributed by atoms with van der Waals surface area (Å²) >= 11 is 0. The third-order valence-corrected chi connectivity index (χ3v) is 12.3. The molecule has 2 saturated heterocycles. The maximum Gasteiger partial charge on any atom is 0.186 e. The Morgan fingerprint density at radius 1 is 1.08 bits per heavy atom. The van der Waals surface area contributed by atoms with Gasteiger partial charge >= 0.3 is 0 Å². The predicted octanol–water partition coefficient (Wildman–Crippen LogP) is 7.20. The number of nitrogens with zero attached hydrogens (tertiary/aromatic N) is 7. The fourth-order valence-electron chi connectivity index (χ4n) is 9.32. The summed E-state index contributed by atoms with van der Waals surface area (Å²) in [7, 11) is 2.24. The standard InChI is InChI=1S/C38H61N7O4/c1-9-13-20-38(47-21-22-48-38)30-16-14-15-29-32(42-49-33(29)30)34-39-35(44-23-25(5)17-18-28(44)24-46)31-26(6)41-45(36(31)40-34)27(7)37(11-3,19-10-2)43(8)12-4/h25,27-28,30,46H,9-24H2,1-8H3/t25?,27?,28-,30?,37?/m1/s1. The fourth-order valence-corrected chi connectivity index (χ4v) is 9.32. The molecular weight excluding hydrogens is 618 g/mol. The number of aryl methyl sites for hydroxylation is 1. The Balaban J connectivity index is 1.54. The monoisotopic (exact) mass is 679 g/mol. The first-order chi connectivity index (χ1) is 23.7. The molecule has 5 heterocycles. The van der Waals surface area contributed by atoms with E-state index in [1.165, 1.54) is 0 Å². The molecule has 1 aliphatic carbocycles. The third kappa shape index (κ3) is 6.31. The molecule has 4 unspecified atom stereocenters. The molecule has 2 fully saturated rings. The van der Waals surface area contributed by atoms with Gasteiger partial charge in [0.15, 0.2) is 23.0 Å². The van der Waals surface area contributed by atoms with Gasteiger partial charge in [0.05, 0.1) is 48.9 Å². The Kier molecular flexibility index (Phi) is 11.0. The van der Waals surface area contributed by atoms with Gasteiger partial charge < -0.3 is 24.0 Å². The van der Waals surface area contributed by atoms with Crippen LogP contribution >= 0.6 is 0 Å². The molecule has 0 spiro atoms. The van der Waals surface area contributed by atoms with E-state index < -0.39 is 5.79 Å². The van der Waals surface area contributed by atoms with Gasteiger partial charge in [-0.05, 0) is 84.7 Å². The predicted molar refractivity (Wildman–Crippen MR) is 193 cm³/mol. The van der Waals surface area contributed by atoms with E-state index in [0.717, 1.165) is 118 Å². The van der Waals surface area contributed by atoms with E-state index in [9.17, 15) is 5.11 Å². The molecule has 2 aliphatic heterocycles. The van der Waals surface area contributed by atoms with Crippen LogP contribution in [0.5, 0.6) is 0 Å². The summed E-state index contributed by atoms with van der Waals surface area (Å²) in [6, 6.07) is 0.0304. The minimum absolute atomic E-state index is 0.0194. The van der Waals surface area contributed by atoms with Crippen LogP contribution in [0, 0.1) is 12.8 Å². The van der Waals surface area contributed by atoms with E-state index in [0.29, 0.717) is 30.7 Å². The molecular formula is C38H61N7O4. The minimum Gasteiger partial charge on any atom is -0.394 e. The van der Waals surface area contributed by atoms with Crippen molar-refractivity contribution in [2.24, 2.45) is 5.92 Å². The largest absolute Gasteiger partial charge is 0.394 e. The van der Waals surface area contributed by atoms with Crippen LogP contribution < -0.4 is 4.90 Å². The molecule has 0 bridgehead atoms. The number of aliphatic hydroxyl groups is 1. The number of aromatic nitrogens is 5. The van der Waals surface area contributed by atoms with Crippen LogP contribution in [-0.2, 0) is 15.9 Å². The number of fused-ring (bicyclic) bond motifs is 2. The summed E-state index contributed by atoms with van der Waals surface area (Å²) in [4.78, 5) is 15.5. The Hall–Kier alpha value is -2.60. The molecule has 11 nitrogen and oxygen atoms in total. The van der Waals surface area contributed by atoms with Crippen LogP contribution in [0.4, 0.5) is 5.82 Å². The van der Waals surface area contributed by atoms with Gasteiger partial charge in [-0.2, -0.15) is 5.10 Å². The second-order valence-corrected chi connectivity index (χ2v) is 15.1. The molecule has 49 heavy (non-hydrogen) atoms. The Bertz CT molecular complexity index is 1560. The number of likely N-dealkylation sites (N-methyl/N-ethyl adjacent to an activating group) is 1. The highest BCUT2D eigenvalue weighted by atomic mass is 16.7.